The lowest BCUT2D eigenvalue weighted by Gasteiger charge is -2.17. The van der Waals surface area contributed by atoms with E-state index in [0.717, 1.165) is 12.8 Å². The van der Waals surface area contributed by atoms with Crippen molar-refractivity contribution in [2.45, 2.75) is 32.2 Å². The zero-order valence-corrected chi connectivity index (χ0v) is 6.52. The van der Waals surface area contributed by atoms with Gasteiger partial charge in [0.15, 0.2) is 0 Å². The minimum Gasteiger partial charge on any atom is -0.321 e. The summed E-state index contributed by atoms with van der Waals surface area (Å²) >= 11 is 0. The van der Waals surface area contributed by atoms with Crippen molar-refractivity contribution < 1.29 is 0 Å². The third-order valence-electron chi connectivity index (χ3n) is 1.21. The molecule has 2 nitrogen and oxygen atoms in total. The first-order valence-electron chi connectivity index (χ1n) is 3.34. The van der Waals surface area contributed by atoms with Crippen LogP contribution in [0.2, 0.25) is 0 Å². The second-order valence-electron chi connectivity index (χ2n) is 2.64. The molecule has 0 aliphatic rings. The minimum absolute atomic E-state index is 0.191. The first-order chi connectivity index (χ1) is 4.12. The maximum atomic E-state index is 5.79. The molecule has 0 aromatic carbocycles. The van der Waals surface area contributed by atoms with Crippen LogP contribution in [0, 0.1) is 0 Å². The van der Waals surface area contributed by atoms with E-state index < -0.39 is 0 Å². The summed E-state index contributed by atoms with van der Waals surface area (Å²) < 4.78 is 0. The summed E-state index contributed by atoms with van der Waals surface area (Å²) in [6, 6.07) is 0. The van der Waals surface area contributed by atoms with Gasteiger partial charge in [0.05, 0.1) is 0 Å². The number of nitrogens with two attached hydrogens (primary N) is 1. The molecule has 2 heteroatoms. The Bertz CT molecular complexity index is 95.1. The molecule has 0 saturated carbocycles. The van der Waals surface area contributed by atoms with Crippen molar-refractivity contribution in [3.63, 3.8) is 0 Å². The average molecular weight is 128 g/mol. The van der Waals surface area contributed by atoms with Crippen LogP contribution >= 0.6 is 0 Å². The summed E-state index contributed by atoms with van der Waals surface area (Å²) in [5.74, 6) is 0. The van der Waals surface area contributed by atoms with Crippen molar-refractivity contribution >= 4 is 6.21 Å². The van der Waals surface area contributed by atoms with Crippen LogP contribution in [-0.4, -0.2) is 18.8 Å². The maximum Gasteiger partial charge on any atom is 0.0480 e. The highest BCUT2D eigenvalue weighted by Gasteiger charge is 2.11. The van der Waals surface area contributed by atoms with Crippen LogP contribution in [-0.2, 0) is 0 Å². The van der Waals surface area contributed by atoms with Gasteiger partial charge in [0.2, 0.25) is 0 Å². The van der Waals surface area contributed by atoms with Crippen LogP contribution in [0.5, 0.6) is 0 Å². The molecule has 0 aromatic heterocycles. The Balaban J connectivity index is 3.70. The Hall–Kier alpha value is -0.370. The van der Waals surface area contributed by atoms with Gasteiger partial charge in [0, 0.05) is 18.8 Å². The third kappa shape index (κ3) is 4.15. The summed E-state index contributed by atoms with van der Waals surface area (Å²) in [5.41, 5.74) is 5.60. The normalized spacial score (nSPS) is 18.2. The Morgan fingerprint density at radius 1 is 1.67 bits per heavy atom. The van der Waals surface area contributed by atoms with E-state index in [-0.39, 0.29) is 5.54 Å². The topological polar surface area (TPSA) is 38.4 Å². The van der Waals surface area contributed by atoms with Gasteiger partial charge in [-0.3, -0.25) is 4.99 Å². The Morgan fingerprint density at radius 3 is 2.56 bits per heavy atom. The van der Waals surface area contributed by atoms with Gasteiger partial charge in [-0.15, -0.1) is 0 Å². The molecule has 2 N–H and O–H groups in total. The molecule has 0 rings (SSSR count). The van der Waals surface area contributed by atoms with Crippen molar-refractivity contribution in [3.8, 4) is 0 Å². The lowest BCUT2D eigenvalue weighted by atomic mass is 10.00. The quantitative estimate of drug-likeness (QED) is 0.570. The predicted molar refractivity (Wildman–Crippen MR) is 41.9 cm³/mol. The fourth-order valence-corrected chi connectivity index (χ4v) is 0.898. The second kappa shape index (κ2) is 3.62. The highest BCUT2D eigenvalue weighted by molar-refractivity contribution is 5.68. The first kappa shape index (κ1) is 8.63. The number of nitrogens with zero attached hydrogens (tertiary/aromatic N) is 1. The maximum absolute atomic E-state index is 5.79. The molecule has 1 unspecified atom stereocenters. The highest BCUT2D eigenvalue weighted by Crippen LogP contribution is 2.04. The van der Waals surface area contributed by atoms with Gasteiger partial charge in [-0.05, 0) is 13.3 Å². The van der Waals surface area contributed by atoms with E-state index in [4.69, 9.17) is 5.73 Å². The molecule has 0 radical (unpaired) electrons. The van der Waals surface area contributed by atoms with Gasteiger partial charge in [-0.1, -0.05) is 13.3 Å². The van der Waals surface area contributed by atoms with Crippen molar-refractivity contribution in [2.24, 2.45) is 10.7 Å². The van der Waals surface area contributed by atoms with E-state index in [9.17, 15) is 0 Å². The van der Waals surface area contributed by atoms with E-state index in [2.05, 4.69) is 11.9 Å². The summed E-state index contributed by atoms with van der Waals surface area (Å²) in [4.78, 5) is 3.88. The van der Waals surface area contributed by atoms with Gasteiger partial charge >= 0.3 is 0 Å². The first-order valence-corrected chi connectivity index (χ1v) is 3.34. The van der Waals surface area contributed by atoms with Gasteiger partial charge < -0.3 is 5.73 Å². The molecule has 0 heterocycles. The van der Waals surface area contributed by atoms with Gasteiger partial charge in [0.25, 0.3) is 0 Å². The van der Waals surface area contributed by atoms with E-state index in [1.54, 1.807) is 13.3 Å². The number of aliphatic imine (C=N–C) groups is 1. The largest absolute Gasteiger partial charge is 0.321 e. The second-order valence-corrected chi connectivity index (χ2v) is 2.64. The smallest absolute Gasteiger partial charge is 0.0480 e. The fourth-order valence-electron chi connectivity index (χ4n) is 0.898. The molecule has 54 valence electrons. The van der Waals surface area contributed by atoms with Crippen LogP contribution < -0.4 is 5.73 Å². The monoisotopic (exact) mass is 128 g/mol. The van der Waals surface area contributed by atoms with E-state index in [1.807, 2.05) is 6.92 Å². The van der Waals surface area contributed by atoms with Crippen molar-refractivity contribution in [1.82, 2.24) is 0 Å². The highest BCUT2D eigenvalue weighted by atomic mass is 14.8. The van der Waals surface area contributed by atoms with Crippen molar-refractivity contribution in [1.29, 1.82) is 0 Å². The molecule has 1 atom stereocenters. The van der Waals surface area contributed by atoms with E-state index >= 15 is 0 Å². The molecule has 0 aliphatic heterocycles. The molecule has 0 amide bonds. The average Bonchev–Trinajstić information content (AvgIpc) is 1.64. The summed E-state index contributed by atoms with van der Waals surface area (Å²) in [6.07, 6.45) is 3.92. The SMILES string of the molecule is CCCC(C)(N)C=NC. The van der Waals surface area contributed by atoms with Crippen LogP contribution in [0.15, 0.2) is 4.99 Å². The van der Waals surface area contributed by atoms with E-state index in [0.29, 0.717) is 0 Å². The summed E-state index contributed by atoms with van der Waals surface area (Å²) in [5, 5.41) is 0. The zero-order valence-electron chi connectivity index (χ0n) is 6.52. The molecular formula is C7H16N2. The van der Waals surface area contributed by atoms with Gasteiger partial charge in [-0.2, -0.15) is 0 Å². The molecular weight excluding hydrogens is 112 g/mol. The number of hydrogen-bond acceptors (Lipinski definition) is 2. The van der Waals surface area contributed by atoms with Crippen LogP contribution in [0.1, 0.15) is 26.7 Å². The van der Waals surface area contributed by atoms with E-state index in [1.165, 1.54) is 0 Å². The van der Waals surface area contributed by atoms with Gasteiger partial charge in [0.1, 0.15) is 0 Å². The molecule has 0 spiro atoms. The van der Waals surface area contributed by atoms with Gasteiger partial charge in [-0.25, -0.2) is 0 Å². The van der Waals surface area contributed by atoms with Crippen molar-refractivity contribution in [2.75, 3.05) is 7.05 Å². The molecule has 0 aromatic rings. The lowest BCUT2D eigenvalue weighted by Crippen LogP contribution is -2.37. The standard InChI is InChI=1S/C7H16N2/c1-4-5-7(2,8)6-9-3/h6H,4-5,8H2,1-3H3. The van der Waals surface area contributed by atoms with Crippen molar-refractivity contribution in [3.05, 3.63) is 0 Å². The number of hydrogen-bond donors (Lipinski definition) is 1. The Morgan fingerprint density at radius 2 is 2.22 bits per heavy atom. The molecule has 0 bridgehead atoms. The molecule has 0 aliphatic carbocycles. The fraction of sp³-hybridized carbons (Fsp3) is 0.857. The van der Waals surface area contributed by atoms with Crippen LogP contribution in [0.25, 0.3) is 0 Å². The van der Waals surface area contributed by atoms with Crippen LogP contribution in [0.3, 0.4) is 0 Å². The molecule has 0 saturated heterocycles. The third-order valence-corrected chi connectivity index (χ3v) is 1.21. The lowest BCUT2D eigenvalue weighted by molar-refractivity contribution is 0.569. The predicted octanol–water partition coefficient (Wildman–Crippen LogP) is 1.20. The molecule has 9 heavy (non-hydrogen) atoms. The minimum atomic E-state index is -0.191. The Kier molecular flexibility index (Phi) is 3.47. The van der Waals surface area contributed by atoms with Crippen LogP contribution in [0.4, 0.5) is 0 Å². The zero-order chi connectivity index (χ0) is 7.33. The number of rotatable bonds is 3. The molecule has 0 fully saturated rings. The Labute approximate surface area is 57.2 Å². The summed E-state index contributed by atoms with van der Waals surface area (Å²) in [7, 11) is 1.75. The summed E-state index contributed by atoms with van der Waals surface area (Å²) in [6.45, 7) is 4.11.